The van der Waals surface area contributed by atoms with Crippen molar-refractivity contribution in [3.05, 3.63) is 125 Å². The number of methoxy groups -OCH3 is 2. The van der Waals surface area contributed by atoms with Gasteiger partial charge in [0.15, 0.2) is 0 Å². The molecule has 0 spiro atoms. The van der Waals surface area contributed by atoms with Gasteiger partial charge < -0.3 is 9.47 Å². The maximum Gasteiger partial charge on any atom is 0.308 e. The predicted octanol–water partition coefficient (Wildman–Crippen LogP) is 8.89. The van der Waals surface area contributed by atoms with Gasteiger partial charge >= 0.3 is 11.9 Å². The summed E-state index contributed by atoms with van der Waals surface area (Å²) in [6, 6.07) is 29.6. The summed E-state index contributed by atoms with van der Waals surface area (Å²) in [6.07, 6.45) is 8.21. The normalized spacial score (nSPS) is 21.6. The first-order valence-corrected chi connectivity index (χ1v) is 17.3. The topological polar surface area (TPSA) is 78.4 Å². The van der Waals surface area contributed by atoms with Crippen LogP contribution in [0.3, 0.4) is 0 Å². The predicted molar refractivity (Wildman–Crippen MR) is 193 cm³/mol. The number of carbonyl (C=O) groups is 2. The molecule has 0 N–H and O–H groups in total. The van der Waals surface area contributed by atoms with Crippen LogP contribution in [0.2, 0.25) is 0 Å². The fourth-order valence-electron chi connectivity index (χ4n) is 9.22. The third kappa shape index (κ3) is 4.75. The van der Waals surface area contributed by atoms with E-state index in [1.165, 1.54) is 19.8 Å². The van der Waals surface area contributed by atoms with E-state index >= 15 is 0 Å². The van der Waals surface area contributed by atoms with Crippen molar-refractivity contribution in [2.45, 2.75) is 56.8 Å². The molecule has 0 radical (unpaired) electrons. The number of benzene rings is 3. The average Bonchev–Trinajstić information content (AvgIpc) is 3.54. The molecule has 3 aliphatic carbocycles. The fourth-order valence-corrected chi connectivity index (χ4v) is 9.22. The molecule has 0 aliphatic heterocycles. The van der Waals surface area contributed by atoms with E-state index in [1.54, 1.807) is 0 Å². The van der Waals surface area contributed by atoms with Gasteiger partial charge in [0, 0.05) is 32.7 Å². The van der Waals surface area contributed by atoms with Gasteiger partial charge in [0.2, 0.25) is 0 Å². The van der Waals surface area contributed by atoms with Crippen molar-refractivity contribution < 1.29 is 19.1 Å². The number of pyridine rings is 2. The zero-order valence-electron chi connectivity index (χ0n) is 28.5. The van der Waals surface area contributed by atoms with E-state index in [2.05, 4.69) is 78.9 Å². The van der Waals surface area contributed by atoms with Gasteiger partial charge in [0.1, 0.15) is 0 Å². The van der Waals surface area contributed by atoms with Gasteiger partial charge in [0.05, 0.1) is 48.5 Å². The highest BCUT2D eigenvalue weighted by molar-refractivity contribution is 5.95. The van der Waals surface area contributed by atoms with Crippen LogP contribution in [0.15, 0.2) is 103 Å². The van der Waals surface area contributed by atoms with Crippen LogP contribution in [0.4, 0.5) is 0 Å². The second kappa shape index (κ2) is 11.8. The van der Waals surface area contributed by atoms with Gasteiger partial charge in [-0.3, -0.25) is 9.59 Å². The first-order valence-electron chi connectivity index (χ1n) is 17.3. The number of nitrogens with zero attached hydrogens (tertiary/aromatic N) is 2. The first-order chi connectivity index (χ1) is 23.8. The molecule has 0 bridgehead atoms. The molecule has 0 saturated heterocycles. The molecule has 3 aromatic carbocycles. The zero-order chi connectivity index (χ0) is 33.9. The van der Waals surface area contributed by atoms with Crippen molar-refractivity contribution in [3.8, 4) is 11.3 Å². The standard InChI is InChI=1S/C43H40N2O4/c1-26(40(46)48-3)23-42(32-17-9-7-15-30(32)38-34(42)21-28-13-5-11-19-36(28)44-38)25-43(24-27(2)41(47)49-4)33-18-10-8-16-31(33)39-35(43)22-29-14-6-12-20-37(29)45-39/h5-7,9,11-22,26-27H,8,10,23-25H2,1-4H3. The zero-order valence-corrected chi connectivity index (χ0v) is 28.5. The van der Waals surface area contributed by atoms with Crippen LogP contribution in [0.1, 0.15) is 68.3 Å². The number of aromatic nitrogens is 2. The van der Waals surface area contributed by atoms with Crippen LogP contribution in [0.25, 0.3) is 38.6 Å². The lowest BCUT2D eigenvalue weighted by Crippen LogP contribution is -2.41. The molecule has 0 saturated carbocycles. The number of para-hydroxylation sites is 2. The molecular weight excluding hydrogens is 608 g/mol. The van der Waals surface area contributed by atoms with Crippen LogP contribution in [-0.4, -0.2) is 36.1 Å². The number of fused-ring (bicyclic) bond motifs is 8. The van der Waals surface area contributed by atoms with Gasteiger partial charge in [-0.05, 0) is 78.6 Å². The third-order valence-electron chi connectivity index (χ3n) is 11.2. The van der Waals surface area contributed by atoms with Crippen molar-refractivity contribution in [1.29, 1.82) is 0 Å². The summed E-state index contributed by atoms with van der Waals surface area (Å²) in [6.45, 7) is 3.94. The maximum absolute atomic E-state index is 13.3. The third-order valence-corrected chi connectivity index (χ3v) is 11.2. The lowest BCUT2D eigenvalue weighted by Gasteiger charge is -2.44. The van der Waals surface area contributed by atoms with Crippen LogP contribution in [0, 0.1) is 11.8 Å². The largest absolute Gasteiger partial charge is 0.469 e. The molecule has 6 nitrogen and oxygen atoms in total. The Bertz CT molecular complexity index is 2230. The van der Waals surface area contributed by atoms with Crippen molar-refractivity contribution in [2.75, 3.05) is 14.2 Å². The molecule has 0 amide bonds. The summed E-state index contributed by atoms with van der Waals surface area (Å²) in [5.41, 5.74) is 9.40. The lowest BCUT2D eigenvalue weighted by molar-refractivity contribution is -0.145. The number of rotatable bonds is 8. The van der Waals surface area contributed by atoms with E-state index in [9.17, 15) is 9.59 Å². The number of allylic oxidation sites excluding steroid dienone is 4. The maximum atomic E-state index is 13.3. The Labute approximate surface area is 286 Å². The molecule has 4 unspecified atom stereocenters. The van der Waals surface area contributed by atoms with E-state index in [-0.39, 0.29) is 11.9 Å². The van der Waals surface area contributed by atoms with Gasteiger partial charge in [-0.25, -0.2) is 9.97 Å². The highest BCUT2D eigenvalue weighted by atomic mass is 16.5. The van der Waals surface area contributed by atoms with Crippen LogP contribution < -0.4 is 0 Å². The van der Waals surface area contributed by atoms with E-state index in [0.717, 1.165) is 73.9 Å². The summed E-state index contributed by atoms with van der Waals surface area (Å²) in [7, 11) is 2.93. The Morgan fingerprint density at radius 2 is 1.20 bits per heavy atom. The van der Waals surface area contributed by atoms with E-state index in [0.29, 0.717) is 19.3 Å². The molecule has 0 fully saturated rings. The number of hydrogen-bond acceptors (Lipinski definition) is 6. The molecule has 8 rings (SSSR count). The van der Waals surface area contributed by atoms with Gasteiger partial charge in [-0.1, -0.05) is 86.7 Å². The smallest absolute Gasteiger partial charge is 0.308 e. The number of carbonyl (C=O) groups excluding carboxylic acids is 2. The van der Waals surface area contributed by atoms with E-state index < -0.39 is 22.7 Å². The Morgan fingerprint density at radius 3 is 1.86 bits per heavy atom. The number of ether oxygens (including phenoxy) is 2. The minimum atomic E-state index is -0.650. The summed E-state index contributed by atoms with van der Waals surface area (Å²) in [5.74, 6) is -1.28. The molecule has 2 heterocycles. The highest BCUT2D eigenvalue weighted by Crippen LogP contribution is 2.64. The van der Waals surface area contributed by atoms with E-state index in [1.807, 2.05) is 32.0 Å². The average molecular weight is 649 g/mol. The van der Waals surface area contributed by atoms with Crippen molar-refractivity contribution in [3.63, 3.8) is 0 Å². The van der Waals surface area contributed by atoms with Gasteiger partial charge in [-0.2, -0.15) is 0 Å². The summed E-state index contributed by atoms with van der Waals surface area (Å²) in [4.78, 5) is 37.3. The lowest BCUT2D eigenvalue weighted by atomic mass is 9.57. The number of esters is 2. The molecule has 2 aromatic heterocycles. The van der Waals surface area contributed by atoms with E-state index in [4.69, 9.17) is 19.4 Å². The van der Waals surface area contributed by atoms with Gasteiger partial charge in [0.25, 0.3) is 0 Å². The molecule has 6 heteroatoms. The molecule has 49 heavy (non-hydrogen) atoms. The molecule has 3 aliphatic rings. The SMILES string of the molecule is COC(=O)C(C)CC1(CC2(CC(C)C(=O)OC)c3ccccc3-c3nc4ccccc4cc32)C2=CCCC=C2c2nc3ccccc3cc21. The van der Waals surface area contributed by atoms with Crippen molar-refractivity contribution >= 4 is 39.3 Å². The second-order valence-electron chi connectivity index (χ2n) is 14.1. The minimum Gasteiger partial charge on any atom is -0.469 e. The van der Waals surface area contributed by atoms with Gasteiger partial charge in [-0.15, -0.1) is 0 Å². The summed E-state index contributed by atoms with van der Waals surface area (Å²) >= 11 is 0. The Balaban J connectivity index is 1.46. The van der Waals surface area contributed by atoms with Crippen molar-refractivity contribution in [2.24, 2.45) is 11.8 Å². The van der Waals surface area contributed by atoms with Crippen molar-refractivity contribution in [1.82, 2.24) is 9.97 Å². The highest BCUT2D eigenvalue weighted by Gasteiger charge is 2.56. The quantitative estimate of drug-likeness (QED) is 0.156. The molecular formula is C43H40N2O4. The first kappa shape index (κ1) is 31.2. The monoisotopic (exact) mass is 648 g/mol. The number of hydrogen-bond donors (Lipinski definition) is 0. The molecule has 246 valence electrons. The Morgan fingerprint density at radius 1 is 0.673 bits per heavy atom. The molecule has 5 aromatic rings. The Hall–Kier alpha value is -5.10. The van der Waals surface area contributed by atoms with Crippen LogP contribution in [-0.2, 0) is 29.9 Å². The summed E-state index contributed by atoms with van der Waals surface area (Å²) < 4.78 is 10.7. The van der Waals surface area contributed by atoms with Crippen LogP contribution in [0.5, 0.6) is 0 Å². The Kier molecular flexibility index (Phi) is 7.51. The molecule has 4 atom stereocenters. The minimum absolute atomic E-state index is 0.236. The fraction of sp³-hybridized carbons (Fsp3) is 0.302. The van der Waals surface area contributed by atoms with Crippen LogP contribution >= 0.6 is 0 Å². The summed E-state index contributed by atoms with van der Waals surface area (Å²) in [5, 5.41) is 2.12. The second-order valence-corrected chi connectivity index (χ2v) is 14.1.